The van der Waals surface area contributed by atoms with Crippen LogP contribution in [0.2, 0.25) is 0 Å². The Morgan fingerprint density at radius 2 is 2.16 bits per heavy atom. The first-order chi connectivity index (χ1) is 8.97. The highest BCUT2D eigenvalue weighted by Gasteiger charge is 2.21. The lowest BCUT2D eigenvalue weighted by Crippen LogP contribution is -2.29. The summed E-state index contributed by atoms with van der Waals surface area (Å²) in [6.45, 7) is 3.71. The summed E-state index contributed by atoms with van der Waals surface area (Å²) in [5.41, 5.74) is 7.70. The maximum atomic E-state index is 13.7. The molecule has 0 aliphatic rings. The number of hydrogen-bond donors (Lipinski definition) is 1. The maximum Gasteiger partial charge on any atom is 0.165 e. The van der Waals surface area contributed by atoms with Crippen molar-refractivity contribution in [2.45, 2.75) is 26.0 Å². The van der Waals surface area contributed by atoms with Crippen LogP contribution in [-0.2, 0) is 7.05 Å². The minimum absolute atomic E-state index is 0.214. The van der Waals surface area contributed by atoms with E-state index in [9.17, 15) is 4.39 Å². The Kier molecular flexibility index (Phi) is 3.85. The van der Waals surface area contributed by atoms with Gasteiger partial charge in [-0.1, -0.05) is 6.07 Å². The van der Waals surface area contributed by atoms with Crippen molar-refractivity contribution >= 4 is 0 Å². The summed E-state index contributed by atoms with van der Waals surface area (Å²) < 4.78 is 21.1. The van der Waals surface area contributed by atoms with Crippen molar-refractivity contribution in [1.29, 1.82) is 0 Å². The lowest BCUT2D eigenvalue weighted by Gasteiger charge is -2.21. The third kappa shape index (κ3) is 3.12. The quantitative estimate of drug-likeness (QED) is 0.921. The largest absolute Gasteiger partial charge is 0.481 e. The van der Waals surface area contributed by atoms with Crippen LogP contribution in [0.3, 0.4) is 0 Å². The van der Waals surface area contributed by atoms with E-state index in [0.29, 0.717) is 0 Å². The van der Waals surface area contributed by atoms with Crippen molar-refractivity contribution in [3.8, 4) is 5.75 Å². The Balaban J connectivity index is 2.29. The smallest absolute Gasteiger partial charge is 0.165 e. The number of aromatic nitrogens is 2. The number of hydrogen-bond acceptors (Lipinski definition) is 3. The van der Waals surface area contributed by atoms with E-state index in [1.165, 1.54) is 6.07 Å². The Morgan fingerprint density at radius 3 is 2.74 bits per heavy atom. The number of rotatable bonds is 4. The van der Waals surface area contributed by atoms with Crippen LogP contribution in [0.15, 0.2) is 30.6 Å². The minimum Gasteiger partial charge on any atom is -0.481 e. The molecule has 0 radical (unpaired) electrons. The van der Waals surface area contributed by atoms with Crippen LogP contribution in [0, 0.1) is 12.7 Å². The monoisotopic (exact) mass is 263 g/mol. The van der Waals surface area contributed by atoms with E-state index in [0.717, 1.165) is 11.1 Å². The molecule has 2 atom stereocenters. The average molecular weight is 263 g/mol. The number of ether oxygens (including phenoxy) is 1. The van der Waals surface area contributed by atoms with Crippen molar-refractivity contribution < 1.29 is 9.13 Å². The molecule has 19 heavy (non-hydrogen) atoms. The first kappa shape index (κ1) is 13.5. The van der Waals surface area contributed by atoms with Gasteiger partial charge < -0.3 is 10.5 Å². The van der Waals surface area contributed by atoms with Crippen LogP contribution < -0.4 is 10.5 Å². The van der Waals surface area contributed by atoms with Crippen LogP contribution in [0.4, 0.5) is 4.39 Å². The third-order valence-corrected chi connectivity index (χ3v) is 2.87. The fourth-order valence-electron chi connectivity index (χ4n) is 1.90. The van der Waals surface area contributed by atoms with Gasteiger partial charge in [0.05, 0.1) is 6.20 Å². The molecule has 1 aromatic carbocycles. The van der Waals surface area contributed by atoms with Gasteiger partial charge in [-0.2, -0.15) is 5.10 Å². The van der Waals surface area contributed by atoms with Crippen LogP contribution in [0.25, 0.3) is 0 Å². The van der Waals surface area contributed by atoms with E-state index in [1.54, 1.807) is 23.0 Å². The second-order valence-corrected chi connectivity index (χ2v) is 4.78. The van der Waals surface area contributed by atoms with E-state index >= 15 is 0 Å². The standard InChI is InChI=1S/C14H18FN3O/c1-9-4-5-12(15)13(6-9)19-14(10(2)16)11-7-17-18(3)8-11/h4-8,10,14H,16H2,1-3H3. The number of nitrogens with two attached hydrogens (primary N) is 1. The molecule has 0 spiro atoms. The minimum atomic E-state index is -0.426. The molecule has 5 heteroatoms. The van der Waals surface area contributed by atoms with Crippen molar-refractivity contribution in [2.75, 3.05) is 0 Å². The van der Waals surface area contributed by atoms with Crippen LogP contribution in [0.5, 0.6) is 5.75 Å². The van der Waals surface area contributed by atoms with Gasteiger partial charge in [-0.05, 0) is 31.5 Å². The summed E-state index contributed by atoms with van der Waals surface area (Å²) in [6, 6.07) is 4.49. The van der Waals surface area contributed by atoms with Crippen LogP contribution in [0.1, 0.15) is 24.2 Å². The van der Waals surface area contributed by atoms with Gasteiger partial charge in [0.2, 0.25) is 0 Å². The summed E-state index contributed by atoms with van der Waals surface area (Å²) in [5.74, 6) is -0.175. The molecule has 1 heterocycles. The van der Waals surface area contributed by atoms with Gasteiger partial charge in [-0.15, -0.1) is 0 Å². The summed E-state index contributed by atoms with van der Waals surface area (Å²) in [5, 5.41) is 4.09. The van der Waals surface area contributed by atoms with Gasteiger partial charge in [0.25, 0.3) is 0 Å². The molecule has 0 saturated heterocycles. The zero-order valence-electron chi connectivity index (χ0n) is 11.3. The summed E-state index contributed by atoms with van der Waals surface area (Å²) >= 11 is 0. The van der Waals surface area contributed by atoms with Gasteiger partial charge in [0.1, 0.15) is 6.10 Å². The Bertz CT molecular complexity index is 566. The average Bonchev–Trinajstić information content (AvgIpc) is 2.76. The van der Waals surface area contributed by atoms with Crippen molar-refractivity contribution in [2.24, 2.45) is 12.8 Å². The molecule has 1 aromatic heterocycles. The van der Waals surface area contributed by atoms with Crippen molar-refractivity contribution in [3.63, 3.8) is 0 Å². The fraction of sp³-hybridized carbons (Fsp3) is 0.357. The number of aryl methyl sites for hydroxylation is 2. The molecular formula is C14H18FN3O. The molecule has 102 valence electrons. The summed E-state index contributed by atoms with van der Waals surface area (Å²) in [4.78, 5) is 0. The normalized spacial score (nSPS) is 14.2. The van der Waals surface area contributed by atoms with Gasteiger partial charge in [0, 0.05) is 24.8 Å². The van der Waals surface area contributed by atoms with E-state index in [2.05, 4.69) is 5.10 Å². The Morgan fingerprint density at radius 1 is 1.42 bits per heavy atom. The fourth-order valence-corrected chi connectivity index (χ4v) is 1.90. The molecule has 4 nitrogen and oxygen atoms in total. The van der Waals surface area contributed by atoms with E-state index in [1.807, 2.05) is 27.1 Å². The summed E-state index contributed by atoms with van der Waals surface area (Å²) in [6.07, 6.45) is 3.08. The molecule has 0 saturated carbocycles. The SMILES string of the molecule is Cc1ccc(F)c(OC(c2cnn(C)c2)C(C)N)c1. The molecule has 0 amide bonds. The molecular weight excluding hydrogens is 245 g/mol. The first-order valence-electron chi connectivity index (χ1n) is 6.14. The molecule has 0 aliphatic heterocycles. The summed E-state index contributed by atoms with van der Waals surface area (Å²) in [7, 11) is 1.81. The molecule has 2 aromatic rings. The Labute approximate surface area is 112 Å². The maximum absolute atomic E-state index is 13.7. The predicted octanol–water partition coefficient (Wildman–Crippen LogP) is 2.33. The topological polar surface area (TPSA) is 53.1 Å². The van der Waals surface area contributed by atoms with E-state index in [-0.39, 0.29) is 17.6 Å². The lowest BCUT2D eigenvalue weighted by atomic mass is 10.1. The van der Waals surface area contributed by atoms with Gasteiger partial charge in [-0.3, -0.25) is 4.68 Å². The molecule has 2 N–H and O–H groups in total. The zero-order chi connectivity index (χ0) is 14.0. The third-order valence-electron chi connectivity index (χ3n) is 2.87. The highest BCUT2D eigenvalue weighted by Crippen LogP contribution is 2.27. The number of nitrogens with zero attached hydrogens (tertiary/aromatic N) is 2. The van der Waals surface area contributed by atoms with Crippen molar-refractivity contribution in [1.82, 2.24) is 9.78 Å². The van der Waals surface area contributed by atoms with Crippen LogP contribution >= 0.6 is 0 Å². The molecule has 0 bridgehead atoms. The van der Waals surface area contributed by atoms with Gasteiger partial charge in [-0.25, -0.2) is 4.39 Å². The zero-order valence-corrected chi connectivity index (χ0v) is 11.3. The highest BCUT2D eigenvalue weighted by molar-refractivity contribution is 5.30. The van der Waals surface area contributed by atoms with E-state index < -0.39 is 6.10 Å². The number of benzene rings is 1. The first-order valence-corrected chi connectivity index (χ1v) is 6.14. The molecule has 0 aliphatic carbocycles. The second-order valence-electron chi connectivity index (χ2n) is 4.78. The molecule has 0 fully saturated rings. The Hall–Kier alpha value is -1.88. The molecule has 2 rings (SSSR count). The van der Waals surface area contributed by atoms with E-state index in [4.69, 9.17) is 10.5 Å². The van der Waals surface area contributed by atoms with Crippen molar-refractivity contribution in [3.05, 3.63) is 47.5 Å². The van der Waals surface area contributed by atoms with Crippen LogP contribution in [-0.4, -0.2) is 15.8 Å². The number of halogens is 1. The van der Waals surface area contributed by atoms with Gasteiger partial charge >= 0.3 is 0 Å². The predicted molar refractivity (Wildman–Crippen MR) is 71.4 cm³/mol. The second kappa shape index (κ2) is 5.40. The van der Waals surface area contributed by atoms with Gasteiger partial charge in [0.15, 0.2) is 11.6 Å². The lowest BCUT2D eigenvalue weighted by molar-refractivity contribution is 0.172. The molecule has 2 unspecified atom stereocenters. The highest BCUT2D eigenvalue weighted by atomic mass is 19.1.